The molecule has 9 heteroatoms. The number of benzene rings is 1. The van der Waals surface area contributed by atoms with Gasteiger partial charge in [0, 0.05) is 17.3 Å². The van der Waals surface area contributed by atoms with E-state index >= 15 is 0 Å². The van der Waals surface area contributed by atoms with Crippen molar-refractivity contribution in [3.05, 3.63) is 88.6 Å². The van der Waals surface area contributed by atoms with Crippen molar-refractivity contribution in [2.45, 2.75) is 6.18 Å². The van der Waals surface area contributed by atoms with Crippen LogP contribution in [0.5, 0.6) is 0 Å². The molecule has 6 nitrogen and oxygen atoms in total. The fourth-order valence-corrected chi connectivity index (χ4v) is 3.01. The van der Waals surface area contributed by atoms with E-state index in [-0.39, 0.29) is 22.3 Å². The number of halogens is 3. The SMILES string of the molecule is N#Cc1c(Nc2c[c]ncc2)c2ccc(C(F)(F)F)nc2n(-c2ccccc2)c1=O. The summed E-state index contributed by atoms with van der Waals surface area (Å²) in [6.45, 7) is 0. The standard InChI is InChI=1S/C21H11F3N5O/c22-21(23,24)17-7-6-15-18(27-13-8-10-26-11-9-13)16(12-25)20(30)29(19(15)28-17)14-4-2-1-3-5-14/h1-10H,(H,26,27). The first-order valence-electron chi connectivity index (χ1n) is 8.62. The van der Waals surface area contributed by atoms with Crippen LogP contribution in [0.2, 0.25) is 0 Å². The monoisotopic (exact) mass is 406 g/mol. The van der Waals surface area contributed by atoms with E-state index in [1.165, 1.54) is 18.3 Å². The van der Waals surface area contributed by atoms with Crippen LogP contribution in [0.3, 0.4) is 0 Å². The summed E-state index contributed by atoms with van der Waals surface area (Å²) in [6, 6.07) is 15.0. The number of hydrogen-bond donors (Lipinski definition) is 1. The fraction of sp³-hybridized carbons (Fsp3) is 0.0476. The molecule has 0 saturated heterocycles. The second-order valence-corrected chi connectivity index (χ2v) is 6.20. The Balaban J connectivity index is 2.11. The third kappa shape index (κ3) is 3.35. The maximum atomic E-state index is 13.3. The van der Waals surface area contributed by atoms with E-state index in [0.717, 1.165) is 10.6 Å². The largest absolute Gasteiger partial charge is 0.433 e. The molecule has 4 rings (SSSR count). The minimum Gasteiger partial charge on any atom is -0.354 e. The van der Waals surface area contributed by atoms with Crippen LogP contribution < -0.4 is 10.9 Å². The third-order valence-corrected chi connectivity index (χ3v) is 4.33. The van der Waals surface area contributed by atoms with Crippen LogP contribution in [0, 0.1) is 17.5 Å². The van der Waals surface area contributed by atoms with Gasteiger partial charge >= 0.3 is 6.18 Å². The van der Waals surface area contributed by atoms with Crippen molar-refractivity contribution in [1.82, 2.24) is 14.5 Å². The highest BCUT2D eigenvalue weighted by molar-refractivity contribution is 5.95. The van der Waals surface area contributed by atoms with Gasteiger partial charge in [-0.25, -0.2) is 4.98 Å². The summed E-state index contributed by atoms with van der Waals surface area (Å²) in [5, 5.41) is 12.8. The lowest BCUT2D eigenvalue weighted by Crippen LogP contribution is -2.24. The first-order valence-corrected chi connectivity index (χ1v) is 8.62. The molecule has 0 aliphatic rings. The summed E-state index contributed by atoms with van der Waals surface area (Å²) in [6.07, 6.45) is -0.650. The number of anilines is 2. The lowest BCUT2D eigenvalue weighted by molar-refractivity contribution is -0.141. The van der Waals surface area contributed by atoms with Crippen LogP contribution in [0.4, 0.5) is 24.5 Å². The Bertz CT molecular complexity index is 1330. The van der Waals surface area contributed by atoms with Gasteiger partial charge in [0.2, 0.25) is 0 Å². The number of aromatic nitrogens is 3. The molecule has 0 fully saturated rings. The van der Waals surface area contributed by atoms with Gasteiger partial charge < -0.3 is 5.32 Å². The van der Waals surface area contributed by atoms with Crippen molar-refractivity contribution in [1.29, 1.82) is 5.26 Å². The Labute approximate surface area is 167 Å². The van der Waals surface area contributed by atoms with Crippen molar-refractivity contribution in [3.8, 4) is 11.8 Å². The third-order valence-electron chi connectivity index (χ3n) is 4.33. The Morgan fingerprint density at radius 3 is 2.50 bits per heavy atom. The summed E-state index contributed by atoms with van der Waals surface area (Å²) in [5.41, 5.74) is -1.61. The molecule has 1 aromatic carbocycles. The Hall–Kier alpha value is -4.19. The van der Waals surface area contributed by atoms with Crippen LogP contribution in [0.1, 0.15) is 11.3 Å². The number of nitrogens with one attached hydrogen (secondary N) is 1. The first kappa shape index (κ1) is 19.1. The number of nitriles is 1. The van der Waals surface area contributed by atoms with Gasteiger partial charge in [0.25, 0.3) is 5.56 Å². The van der Waals surface area contributed by atoms with Gasteiger partial charge in [0.05, 0.1) is 17.6 Å². The lowest BCUT2D eigenvalue weighted by atomic mass is 10.1. The Morgan fingerprint density at radius 1 is 1.10 bits per heavy atom. The van der Waals surface area contributed by atoms with Crippen LogP contribution >= 0.6 is 0 Å². The van der Waals surface area contributed by atoms with Gasteiger partial charge in [-0.3, -0.25) is 14.3 Å². The molecule has 0 amide bonds. The molecule has 1 radical (unpaired) electrons. The summed E-state index contributed by atoms with van der Waals surface area (Å²) < 4.78 is 41.0. The van der Waals surface area contributed by atoms with Gasteiger partial charge in [0.1, 0.15) is 23.0 Å². The highest BCUT2D eigenvalue weighted by Crippen LogP contribution is 2.33. The summed E-state index contributed by atoms with van der Waals surface area (Å²) in [4.78, 5) is 20.6. The maximum absolute atomic E-state index is 13.3. The summed E-state index contributed by atoms with van der Waals surface area (Å²) in [5.74, 6) is 0. The molecule has 30 heavy (non-hydrogen) atoms. The van der Waals surface area contributed by atoms with E-state index in [2.05, 4.69) is 21.5 Å². The molecule has 0 unspecified atom stereocenters. The van der Waals surface area contributed by atoms with Crippen LogP contribution in [0.15, 0.2) is 65.6 Å². The first-order chi connectivity index (χ1) is 14.4. The van der Waals surface area contributed by atoms with E-state index in [9.17, 15) is 23.2 Å². The zero-order valence-electron chi connectivity index (χ0n) is 15.1. The number of pyridine rings is 3. The molecule has 0 aliphatic carbocycles. The van der Waals surface area contributed by atoms with Gasteiger partial charge in [0.15, 0.2) is 0 Å². The molecule has 0 aliphatic heterocycles. The number of rotatable bonds is 3. The molecular weight excluding hydrogens is 395 g/mol. The van der Waals surface area contributed by atoms with Crippen molar-refractivity contribution in [2.24, 2.45) is 0 Å². The number of nitrogens with zero attached hydrogens (tertiary/aromatic N) is 4. The zero-order chi connectivity index (χ0) is 21.3. The minimum absolute atomic E-state index is 0.0607. The van der Waals surface area contributed by atoms with E-state index in [4.69, 9.17) is 0 Å². The lowest BCUT2D eigenvalue weighted by Gasteiger charge is -2.17. The van der Waals surface area contributed by atoms with Gasteiger partial charge in [-0.1, -0.05) is 18.2 Å². The second-order valence-electron chi connectivity index (χ2n) is 6.20. The van der Waals surface area contributed by atoms with Crippen molar-refractivity contribution in [3.63, 3.8) is 0 Å². The van der Waals surface area contributed by atoms with Crippen LogP contribution in [0.25, 0.3) is 16.7 Å². The smallest absolute Gasteiger partial charge is 0.354 e. The fourth-order valence-electron chi connectivity index (χ4n) is 3.01. The van der Waals surface area contributed by atoms with Crippen molar-refractivity contribution >= 4 is 22.4 Å². The van der Waals surface area contributed by atoms with Gasteiger partial charge in [-0.15, -0.1) is 0 Å². The highest BCUT2D eigenvalue weighted by Gasteiger charge is 2.33. The molecule has 0 bridgehead atoms. The summed E-state index contributed by atoms with van der Waals surface area (Å²) >= 11 is 0. The average Bonchev–Trinajstić information content (AvgIpc) is 2.74. The van der Waals surface area contributed by atoms with Crippen LogP contribution in [-0.4, -0.2) is 14.5 Å². The van der Waals surface area contributed by atoms with E-state index < -0.39 is 17.4 Å². The van der Waals surface area contributed by atoms with Crippen molar-refractivity contribution in [2.75, 3.05) is 5.32 Å². The predicted molar refractivity (Wildman–Crippen MR) is 103 cm³/mol. The van der Waals surface area contributed by atoms with E-state index in [0.29, 0.717) is 11.4 Å². The van der Waals surface area contributed by atoms with Gasteiger partial charge in [-0.05, 0) is 36.4 Å². The average molecular weight is 406 g/mol. The molecule has 147 valence electrons. The van der Waals surface area contributed by atoms with E-state index in [1.807, 2.05) is 6.07 Å². The molecule has 4 aromatic rings. The van der Waals surface area contributed by atoms with Gasteiger partial charge in [-0.2, -0.15) is 18.4 Å². The number of hydrogen-bond acceptors (Lipinski definition) is 5. The zero-order valence-corrected chi connectivity index (χ0v) is 15.1. The Morgan fingerprint density at radius 2 is 1.87 bits per heavy atom. The number of para-hydroxylation sites is 1. The minimum atomic E-state index is -4.70. The number of alkyl halides is 3. The molecule has 3 aromatic heterocycles. The molecule has 0 atom stereocenters. The molecule has 0 spiro atoms. The topological polar surface area (TPSA) is 83.6 Å². The summed E-state index contributed by atoms with van der Waals surface area (Å²) in [7, 11) is 0. The second kappa shape index (κ2) is 7.33. The molecule has 0 saturated carbocycles. The molecule has 1 N–H and O–H groups in total. The van der Waals surface area contributed by atoms with Crippen LogP contribution in [-0.2, 0) is 6.18 Å². The van der Waals surface area contributed by atoms with E-state index in [1.54, 1.807) is 36.4 Å². The van der Waals surface area contributed by atoms with Crippen molar-refractivity contribution < 1.29 is 13.2 Å². The predicted octanol–water partition coefficient (Wildman–Crippen LogP) is 4.21. The molecular formula is C21H11F3N5O. The maximum Gasteiger partial charge on any atom is 0.433 e. The normalized spacial score (nSPS) is 11.3. The molecule has 3 heterocycles. The highest BCUT2D eigenvalue weighted by atomic mass is 19.4. The number of fused-ring (bicyclic) bond motifs is 1. The Kier molecular flexibility index (Phi) is 4.68. The quantitative estimate of drug-likeness (QED) is 0.551.